The molecule has 1 heterocycles. The van der Waals surface area contributed by atoms with Gasteiger partial charge in [-0.2, -0.15) is 5.10 Å². The Balaban J connectivity index is 2.24. The Bertz CT molecular complexity index is 431. The van der Waals surface area contributed by atoms with Crippen molar-refractivity contribution in [3.05, 3.63) is 23.4 Å². The number of nitrogens with zero attached hydrogens (tertiary/aromatic N) is 2. The van der Waals surface area contributed by atoms with Crippen LogP contribution in [-0.2, 0) is 7.05 Å². The third kappa shape index (κ3) is 2.01. The molecule has 0 aromatic carbocycles. The van der Waals surface area contributed by atoms with Crippen LogP contribution in [0.3, 0.4) is 0 Å². The molecule has 4 heteroatoms. The summed E-state index contributed by atoms with van der Waals surface area (Å²) in [4.78, 5) is 12.2. The fourth-order valence-electron chi connectivity index (χ4n) is 2.02. The Morgan fingerprint density at radius 1 is 1.44 bits per heavy atom. The monoisotopic (exact) mass is 219 g/mol. The summed E-state index contributed by atoms with van der Waals surface area (Å²) in [7, 11) is 1.74. The molecule has 86 valence electrons. The molecule has 0 radical (unpaired) electrons. The van der Waals surface area contributed by atoms with Crippen molar-refractivity contribution in [1.29, 1.82) is 0 Å². The fraction of sp³-hybridized carbons (Fsp3) is 0.500. The van der Waals surface area contributed by atoms with Gasteiger partial charge < -0.3 is 5.73 Å². The number of anilines is 1. The number of carbonyl (C=O) groups is 1. The molecule has 0 unspecified atom stereocenters. The molecule has 1 aromatic heterocycles. The molecule has 2 rings (SSSR count). The third-order valence-corrected chi connectivity index (χ3v) is 3.06. The SMILES string of the molecule is Cn1ncc(C(=O)C2=CCCCCC2)c1N. The number of nitrogen functional groups attached to an aromatic ring is 1. The molecule has 0 fully saturated rings. The van der Waals surface area contributed by atoms with Crippen LogP contribution in [0.15, 0.2) is 17.8 Å². The van der Waals surface area contributed by atoms with Crippen LogP contribution in [0.2, 0.25) is 0 Å². The molecule has 0 saturated heterocycles. The lowest BCUT2D eigenvalue weighted by Crippen LogP contribution is -2.07. The maximum atomic E-state index is 12.2. The van der Waals surface area contributed by atoms with Gasteiger partial charge in [-0.1, -0.05) is 12.5 Å². The summed E-state index contributed by atoms with van der Waals surface area (Å²) in [6, 6.07) is 0. The average Bonchev–Trinajstić information content (AvgIpc) is 2.53. The normalized spacial score (nSPS) is 16.7. The van der Waals surface area contributed by atoms with Gasteiger partial charge in [0.1, 0.15) is 5.82 Å². The standard InChI is InChI=1S/C12H17N3O/c1-15-12(13)10(8-14-15)11(16)9-6-4-2-3-5-7-9/h6,8H,2-5,7,13H2,1H3. The lowest BCUT2D eigenvalue weighted by Gasteiger charge is -2.03. The number of ketones is 1. The van der Waals surface area contributed by atoms with E-state index < -0.39 is 0 Å². The summed E-state index contributed by atoms with van der Waals surface area (Å²) in [6.07, 6.45) is 8.96. The predicted molar refractivity (Wildman–Crippen MR) is 63.1 cm³/mol. The average molecular weight is 219 g/mol. The number of allylic oxidation sites excluding steroid dienone is 2. The van der Waals surface area contributed by atoms with Crippen LogP contribution in [0.1, 0.15) is 42.5 Å². The van der Waals surface area contributed by atoms with Crippen molar-refractivity contribution in [2.45, 2.75) is 32.1 Å². The van der Waals surface area contributed by atoms with Crippen molar-refractivity contribution < 1.29 is 4.79 Å². The van der Waals surface area contributed by atoms with Crippen LogP contribution in [-0.4, -0.2) is 15.6 Å². The zero-order chi connectivity index (χ0) is 11.5. The second-order valence-corrected chi connectivity index (χ2v) is 4.22. The summed E-state index contributed by atoms with van der Waals surface area (Å²) in [5.41, 5.74) is 7.24. The highest BCUT2D eigenvalue weighted by molar-refractivity contribution is 6.11. The molecular formula is C12H17N3O. The minimum atomic E-state index is 0.0486. The number of rotatable bonds is 2. The molecule has 16 heavy (non-hydrogen) atoms. The second kappa shape index (κ2) is 4.51. The number of nitrogens with two attached hydrogens (primary N) is 1. The van der Waals surface area contributed by atoms with Gasteiger partial charge in [0.2, 0.25) is 0 Å². The zero-order valence-corrected chi connectivity index (χ0v) is 9.57. The topological polar surface area (TPSA) is 60.9 Å². The Hall–Kier alpha value is -1.58. The van der Waals surface area contributed by atoms with Gasteiger partial charge in [0, 0.05) is 7.05 Å². The minimum Gasteiger partial charge on any atom is -0.383 e. The lowest BCUT2D eigenvalue weighted by atomic mass is 10.0. The van der Waals surface area contributed by atoms with E-state index in [2.05, 4.69) is 11.2 Å². The minimum absolute atomic E-state index is 0.0486. The van der Waals surface area contributed by atoms with Crippen LogP contribution in [0.4, 0.5) is 5.82 Å². The summed E-state index contributed by atoms with van der Waals surface area (Å²) >= 11 is 0. The lowest BCUT2D eigenvalue weighted by molar-refractivity contribution is 0.103. The molecule has 0 spiro atoms. The van der Waals surface area contributed by atoms with Crippen LogP contribution in [0.25, 0.3) is 0 Å². The van der Waals surface area contributed by atoms with Gasteiger partial charge in [-0.15, -0.1) is 0 Å². The number of Topliss-reactive ketones (excluding diaryl/α,β-unsaturated/α-hetero) is 1. The van der Waals surface area contributed by atoms with E-state index in [0.717, 1.165) is 24.8 Å². The number of hydrogen-bond acceptors (Lipinski definition) is 3. The van der Waals surface area contributed by atoms with Gasteiger partial charge in [0.25, 0.3) is 0 Å². The van der Waals surface area contributed by atoms with E-state index in [-0.39, 0.29) is 5.78 Å². The molecule has 1 aromatic rings. The van der Waals surface area contributed by atoms with Gasteiger partial charge in [-0.25, -0.2) is 0 Å². The summed E-state index contributed by atoms with van der Waals surface area (Å²) in [6.45, 7) is 0. The Morgan fingerprint density at radius 2 is 2.25 bits per heavy atom. The van der Waals surface area contributed by atoms with E-state index in [1.807, 2.05) is 0 Å². The van der Waals surface area contributed by atoms with Gasteiger partial charge in [-0.3, -0.25) is 9.48 Å². The van der Waals surface area contributed by atoms with Crippen LogP contribution in [0.5, 0.6) is 0 Å². The molecule has 1 aliphatic rings. The summed E-state index contributed by atoms with van der Waals surface area (Å²) < 4.78 is 1.53. The van der Waals surface area contributed by atoms with Gasteiger partial charge in [-0.05, 0) is 31.3 Å². The first-order chi connectivity index (χ1) is 7.70. The molecule has 1 aliphatic carbocycles. The van der Waals surface area contributed by atoms with Crippen molar-refractivity contribution in [1.82, 2.24) is 9.78 Å². The van der Waals surface area contributed by atoms with Crippen LogP contribution in [0, 0.1) is 0 Å². The highest BCUT2D eigenvalue weighted by atomic mass is 16.1. The fourth-order valence-corrected chi connectivity index (χ4v) is 2.02. The molecule has 0 amide bonds. The third-order valence-electron chi connectivity index (χ3n) is 3.06. The number of aromatic nitrogens is 2. The van der Waals surface area contributed by atoms with Crippen molar-refractivity contribution in [2.75, 3.05) is 5.73 Å². The van der Waals surface area contributed by atoms with Gasteiger partial charge >= 0.3 is 0 Å². The highest BCUT2D eigenvalue weighted by Gasteiger charge is 2.18. The molecule has 0 saturated carbocycles. The molecule has 0 atom stereocenters. The first-order valence-corrected chi connectivity index (χ1v) is 5.71. The van der Waals surface area contributed by atoms with E-state index in [9.17, 15) is 4.79 Å². The first-order valence-electron chi connectivity index (χ1n) is 5.71. The zero-order valence-electron chi connectivity index (χ0n) is 9.57. The maximum Gasteiger partial charge on any atom is 0.194 e. The quantitative estimate of drug-likeness (QED) is 0.774. The van der Waals surface area contributed by atoms with Crippen molar-refractivity contribution in [2.24, 2.45) is 7.05 Å². The first kappa shape index (κ1) is 10.9. The Morgan fingerprint density at radius 3 is 2.94 bits per heavy atom. The van der Waals surface area contributed by atoms with Gasteiger partial charge in [0.05, 0.1) is 11.8 Å². The largest absolute Gasteiger partial charge is 0.383 e. The molecule has 0 bridgehead atoms. The Labute approximate surface area is 95.1 Å². The van der Waals surface area contributed by atoms with E-state index in [4.69, 9.17) is 5.73 Å². The number of hydrogen-bond donors (Lipinski definition) is 1. The maximum absolute atomic E-state index is 12.2. The summed E-state index contributed by atoms with van der Waals surface area (Å²) in [5.74, 6) is 0.502. The van der Waals surface area contributed by atoms with Crippen LogP contribution < -0.4 is 5.73 Å². The predicted octanol–water partition coefficient (Wildman–Crippen LogP) is 2.08. The van der Waals surface area contributed by atoms with E-state index in [1.165, 1.54) is 17.5 Å². The van der Waals surface area contributed by atoms with Gasteiger partial charge in [0.15, 0.2) is 5.78 Å². The number of aryl methyl sites for hydroxylation is 1. The van der Waals surface area contributed by atoms with Crippen molar-refractivity contribution in [3.8, 4) is 0 Å². The van der Waals surface area contributed by atoms with Crippen molar-refractivity contribution in [3.63, 3.8) is 0 Å². The number of carbonyl (C=O) groups excluding carboxylic acids is 1. The van der Waals surface area contributed by atoms with Crippen molar-refractivity contribution >= 4 is 11.6 Å². The van der Waals surface area contributed by atoms with E-state index in [1.54, 1.807) is 13.2 Å². The smallest absolute Gasteiger partial charge is 0.194 e. The molecular weight excluding hydrogens is 202 g/mol. The molecule has 4 nitrogen and oxygen atoms in total. The summed E-state index contributed by atoms with van der Waals surface area (Å²) in [5, 5.41) is 4.00. The molecule has 2 N–H and O–H groups in total. The van der Waals surface area contributed by atoms with Crippen LogP contribution >= 0.6 is 0 Å². The Kier molecular flexibility index (Phi) is 3.08. The molecule has 0 aliphatic heterocycles. The van der Waals surface area contributed by atoms with E-state index in [0.29, 0.717) is 11.4 Å². The second-order valence-electron chi connectivity index (χ2n) is 4.22. The highest BCUT2D eigenvalue weighted by Crippen LogP contribution is 2.22. The van der Waals surface area contributed by atoms with E-state index >= 15 is 0 Å².